The molecule has 0 amide bonds. The number of aliphatic hydroxyl groups excluding tert-OH is 1. The summed E-state index contributed by atoms with van der Waals surface area (Å²) < 4.78 is 5.40. The van der Waals surface area contributed by atoms with Crippen LogP contribution in [-0.4, -0.2) is 36.9 Å². The average Bonchev–Trinajstić information content (AvgIpc) is 2.78. The van der Waals surface area contributed by atoms with Gasteiger partial charge in [-0.2, -0.15) is 0 Å². The molecule has 0 aliphatic carbocycles. The molecule has 3 aromatic carbocycles. The third kappa shape index (κ3) is 5.41. The van der Waals surface area contributed by atoms with Crippen molar-refractivity contribution in [3.63, 3.8) is 0 Å². The molecule has 152 valence electrons. The van der Waals surface area contributed by atoms with Gasteiger partial charge in [0, 0.05) is 6.04 Å². The van der Waals surface area contributed by atoms with Gasteiger partial charge in [0.1, 0.15) is 6.61 Å². The van der Waals surface area contributed by atoms with E-state index in [9.17, 15) is 9.90 Å². The molecular weight excluding hydrogens is 364 g/mol. The Balaban J connectivity index is 1.57. The van der Waals surface area contributed by atoms with Gasteiger partial charge in [0.25, 0.3) is 0 Å². The summed E-state index contributed by atoms with van der Waals surface area (Å²) in [6.07, 6.45) is -0.149. The number of esters is 1. The minimum Gasteiger partial charge on any atom is -0.462 e. The monoisotopic (exact) mass is 392 g/mol. The fourth-order valence-corrected chi connectivity index (χ4v) is 3.44. The van der Waals surface area contributed by atoms with E-state index in [1.54, 1.807) is 0 Å². The molecule has 0 radical (unpaired) electrons. The normalized spacial score (nSPS) is 14.3. The van der Waals surface area contributed by atoms with Gasteiger partial charge in [-0.05, 0) is 41.8 Å². The van der Waals surface area contributed by atoms with Gasteiger partial charge in [-0.1, -0.05) is 72.8 Å². The van der Waals surface area contributed by atoms with Crippen molar-refractivity contribution < 1.29 is 14.6 Å². The molecule has 5 nitrogen and oxygen atoms in total. The number of fused-ring (bicyclic) bond motifs is 1. The summed E-state index contributed by atoms with van der Waals surface area (Å²) in [5.74, 6) is -0.689. The summed E-state index contributed by atoms with van der Waals surface area (Å²) in [5, 5.41) is 15.7. The van der Waals surface area contributed by atoms with E-state index in [2.05, 4.69) is 5.32 Å². The lowest BCUT2D eigenvalue weighted by Gasteiger charge is -2.21. The first-order valence-electron chi connectivity index (χ1n) is 9.89. The number of nitrogens with one attached hydrogen (secondary N) is 1. The highest BCUT2D eigenvalue weighted by Crippen LogP contribution is 2.24. The smallest absolute Gasteiger partial charge is 0.336 e. The first kappa shape index (κ1) is 21.0. The highest BCUT2D eigenvalue weighted by atomic mass is 16.5. The number of aliphatic hydroxyl groups is 1. The van der Waals surface area contributed by atoms with Gasteiger partial charge < -0.3 is 20.9 Å². The van der Waals surface area contributed by atoms with E-state index in [1.807, 2.05) is 79.8 Å². The van der Waals surface area contributed by atoms with Crippen LogP contribution in [0.4, 0.5) is 0 Å². The third-order valence-corrected chi connectivity index (χ3v) is 5.20. The summed E-state index contributed by atoms with van der Waals surface area (Å²) in [5.41, 5.74) is 8.19. The SMILES string of the molecule is CN[C@@H](COC(=O)[C@@H](O)[C@H](N)CCc1ccccc1)c1cccc2ccccc12. The molecule has 0 saturated carbocycles. The molecule has 0 aliphatic heterocycles. The molecule has 0 saturated heterocycles. The molecule has 0 heterocycles. The van der Waals surface area contributed by atoms with Crippen LogP contribution in [0.15, 0.2) is 72.8 Å². The molecule has 4 N–H and O–H groups in total. The highest BCUT2D eigenvalue weighted by Gasteiger charge is 2.25. The number of nitrogens with two attached hydrogens (primary N) is 1. The summed E-state index contributed by atoms with van der Waals surface area (Å²) in [6, 6.07) is 23.1. The zero-order valence-corrected chi connectivity index (χ0v) is 16.6. The summed E-state index contributed by atoms with van der Waals surface area (Å²) in [4.78, 5) is 12.3. The van der Waals surface area contributed by atoms with Gasteiger partial charge in [0.05, 0.1) is 6.04 Å². The van der Waals surface area contributed by atoms with Crippen LogP contribution in [0.2, 0.25) is 0 Å². The van der Waals surface area contributed by atoms with E-state index in [1.165, 1.54) is 0 Å². The standard InChI is InChI=1S/C24H28N2O3/c1-26-22(20-13-7-11-18-10-5-6-12-19(18)20)16-29-24(28)23(27)21(25)15-14-17-8-3-2-4-9-17/h2-13,21-23,26-27H,14-16,25H2,1H3/t21-,22+,23+/m1/s1. The van der Waals surface area contributed by atoms with Crippen molar-refractivity contribution in [1.29, 1.82) is 0 Å². The summed E-state index contributed by atoms with van der Waals surface area (Å²) >= 11 is 0. The molecular formula is C24H28N2O3. The van der Waals surface area contributed by atoms with E-state index >= 15 is 0 Å². The maximum absolute atomic E-state index is 12.3. The molecule has 0 unspecified atom stereocenters. The van der Waals surface area contributed by atoms with Crippen molar-refractivity contribution in [2.24, 2.45) is 5.73 Å². The van der Waals surface area contributed by atoms with Gasteiger partial charge in [-0.15, -0.1) is 0 Å². The van der Waals surface area contributed by atoms with Crippen LogP contribution < -0.4 is 11.1 Å². The summed E-state index contributed by atoms with van der Waals surface area (Å²) in [6.45, 7) is 0.117. The lowest BCUT2D eigenvalue weighted by molar-refractivity contribution is -0.155. The van der Waals surface area contributed by atoms with E-state index in [0.29, 0.717) is 12.8 Å². The second-order valence-corrected chi connectivity index (χ2v) is 7.17. The van der Waals surface area contributed by atoms with Crippen LogP contribution in [0.5, 0.6) is 0 Å². The Bertz CT molecular complexity index is 924. The zero-order chi connectivity index (χ0) is 20.6. The van der Waals surface area contributed by atoms with Crippen LogP contribution in [0.3, 0.4) is 0 Å². The topological polar surface area (TPSA) is 84.6 Å². The minimum absolute atomic E-state index is 0.117. The molecule has 0 aliphatic rings. The van der Waals surface area contributed by atoms with Crippen molar-refractivity contribution in [1.82, 2.24) is 5.32 Å². The van der Waals surface area contributed by atoms with E-state index < -0.39 is 18.1 Å². The molecule has 29 heavy (non-hydrogen) atoms. The molecule has 3 aromatic rings. The lowest BCUT2D eigenvalue weighted by atomic mass is 9.99. The Kier molecular flexibility index (Phi) is 7.36. The Labute approximate surface area is 171 Å². The molecule has 0 spiro atoms. The Morgan fingerprint density at radius 1 is 1.03 bits per heavy atom. The van der Waals surface area contributed by atoms with E-state index in [0.717, 1.165) is 21.9 Å². The number of rotatable bonds is 9. The molecule has 3 rings (SSSR count). The number of carbonyl (C=O) groups excluding carboxylic acids is 1. The number of ether oxygens (including phenoxy) is 1. The van der Waals surface area contributed by atoms with Crippen molar-refractivity contribution in [3.05, 3.63) is 83.9 Å². The first-order chi connectivity index (χ1) is 14.1. The van der Waals surface area contributed by atoms with Gasteiger partial charge in [-0.25, -0.2) is 4.79 Å². The quantitative estimate of drug-likeness (QED) is 0.488. The highest BCUT2D eigenvalue weighted by molar-refractivity contribution is 5.86. The fourth-order valence-electron chi connectivity index (χ4n) is 3.44. The fraction of sp³-hybridized carbons (Fsp3) is 0.292. The van der Waals surface area contributed by atoms with E-state index in [-0.39, 0.29) is 12.6 Å². The predicted molar refractivity (Wildman–Crippen MR) is 115 cm³/mol. The number of likely N-dealkylation sites (N-methyl/N-ethyl adjacent to an activating group) is 1. The minimum atomic E-state index is -1.34. The number of aryl methyl sites for hydroxylation is 1. The summed E-state index contributed by atoms with van der Waals surface area (Å²) in [7, 11) is 1.82. The second kappa shape index (κ2) is 10.2. The maximum Gasteiger partial charge on any atom is 0.336 e. The van der Waals surface area contributed by atoms with Gasteiger partial charge in [0.2, 0.25) is 0 Å². The largest absolute Gasteiger partial charge is 0.462 e. The van der Waals surface area contributed by atoms with Gasteiger partial charge in [-0.3, -0.25) is 0 Å². The Morgan fingerprint density at radius 2 is 1.72 bits per heavy atom. The number of hydrogen-bond acceptors (Lipinski definition) is 5. The average molecular weight is 392 g/mol. The molecule has 0 bridgehead atoms. The maximum atomic E-state index is 12.3. The Morgan fingerprint density at radius 3 is 2.48 bits per heavy atom. The van der Waals surface area contributed by atoms with Crippen LogP contribution in [0.1, 0.15) is 23.6 Å². The zero-order valence-electron chi connectivity index (χ0n) is 16.6. The van der Waals surface area contributed by atoms with Crippen LogP contribution in [-0.2, 0) is 16.0 Å². The predicted octanol–water partition coefficient (Wildman–Crippen LogP) is 2.96. The van der Waals surface area contributed by atoms with Crippen LogP contribution >= 0.6 is 0 Å². The van der Waals surface area contributed by atoms with Gasteiger partial charge in [0.15, 0.2) is 6.10 Å². The van der Waals surface area contributed by atoms with Crippen LogP contribution in [0.25, 0.3) is 10.8 Å². The number of carbonyl (C=O) groups is 1. The molecule has 3 atom stereocenters. The molecule has 5 heteroatoms. The van der Waals surface area contributed by atoms with Gasteiger partial charge >= 0.3 is 5.97 Å². The van der Waals surface area contributed by atoms with E-state index in [4.69, 9.17) is 10.5 Å². The third-order valence-electron chi connectivity index (χ3n) is 5.20. The molecule has 0 aromatic heterocycles. The van der Waals surface area contributed by atoms with Crippen molar-refractivity contribution in [2.75, 3.05) is 13.7 Å². The van der Waals surface area contributed by atoms with Crippen molar-refractivity contribution in [3.8, 4) is 0 Å². The lowest BCUT2D eigenvalue weighted by Crippen LogP contribution is -2.42. The number of hydrogen-bond donors (Lipinski definition) is 3. The molecule has 0 fully saturated rings. The van der Waals surface area contributed by atoms with Crippen molar-refractivity contribution >= 4 is 16.7 Å². The van der Waals surface area contributed by atoms with Crippen LogP contribution in [0, 0.1) is 0 Å². The second-order valence-electron chi connectivity index (χ2n) is 7.17. The Hall–Kier alpha value is -2.73. The van der Waals surface area contributed by atoms with Crippen molar-refractivity contribution in [2.45, 2.75) is 31.0 Å². The first-order valence-corrected chi connectivity index (χ1v) is 9.89. The number of benzene rings is 3.